The minimum atomic E-state index is -0.789. The second-order valence-corrected chi connectivity index (χ2v) is 3.40. The molecule has 0 saturated carbocycles. The van der Waals surface area contributed by atoms with E-state index >= 15 is 0 Å². The van der Waals surface area contributed by atoms with Crippen LogP contribution in [-0.4, -0.2) is 22.3 Å². The highest BCUT2D eigenvalue weighted by molar-refractivity contribution is 5.66. The first kappa shape index (κ1) is 13.2. The second kappa shape index (κ2) is 8.75. The molecule has 0 amide bonds. The molecule has 14 heavy (non-hydrogen) atoms. The van der Waals surface area contributed by atoms with E-state index in [0.29, 0.717) is 12.8 Å². The third-order valence-corrected chi connectivity index (χ3v) is 2.00. The molecule has 0 fully saturated rings. The maximum absolute atomic E-state index is 10.2. The smallest absolute Gasteiger partial charge is 0.303 e. The Morgan fingerprint density at radius 1 is 1.36 bits per heavy atom. The summed E-state index contributed by atoms with van der Waals surface area (Å²) in [5.41, 5.74) is 0. The molecule has 0 spiro atoms. The zero-order valence-corrected chi connectivity index (χ0v) is 8.78. The predicted octanol–water partition coefficient (Wildman–Crippen LogP) is 2.35. The predicted molar refractivity (Wildman–Crippen MR) is 56.2 cm³/mol. The van der Waals surface area contributed by atoms with Crippen molar-refractivity contribution in [2.24, 2.45) is 0 Å². The van der Waals surface area contributed by atoms with Crippen LogP contribution in [0.3, 0.4) is 0 Å². The average molecular weight is 200 g/mol. The van der Waals surface area contributed by atoms with Crippen molar-refractivity contribution in [2.45, 2.75) is 51.6 Å². The number of carboxylic acids is 1. The third-order valence-electron chi connectivity index (χ3n) is 2.00. The van der Waals surface area contributed by atoms with Crippen molar-refractivity contribution in [1.29, 1.82) is 0 Å². The summed E-state index contributed by atoms with van der Waals surface area (Å²) in [4.78, 5) is 10.2. The average Bonchev–Trinajstić information content (AvgIpc) is 2.12. The summed E-state index contributed by atoms with van der Waals surface area (Å²) in [7, 11) is 0. The SMILES string of the molecule is CCC=CCCC(O)CCCC(=O)O. The molecular formula is C11H20O3. The van der Waals surface area contributed by atoms with E-state index in [1.165, 1.54) is 0 Å². The van der Waals surface area contributed by atoms with Crippen LogP contribution in [0.25, 0.3) is 0 Å². The van der Waals surface area contributed by atoms with Gasteiger partial charge in [0.05, 0.1) is 6.10 Å². The van der Waals surface area contributed by atoms with Crippen molar-refractivity contribution in [3.05, 3.63) is 12.2 Å². The van der Waals surface area contributed by atoms with Gasteiger partial charge in [-0.3, -0.25) is 4.79 Å². The van der Waals surface area contributed by atoms with Gasteiger partial charge in [-0.25, -0.2) is 0 Å². The molecule has 3 heteroatoms. The molecule has 0 radical (unpaired) electrons. The van der Waals surface area contributed by atoms with Crippen LogP contribution in [0.5, 0.6) is 0 Å². The first-order chi connectivity index (χ1) is 6.66. The van der Waals surface area contributed by atoms with E-state index in [9.17, 15) is 9.90 Å². The van der Waals surface area contributed by atoms with Gasteiger partial charge < -0.3 is 10.2 Å². The Balaban J connectivity index is 3.32. The zero-order valence-electron chi connectivity index (χ0n) is 8.78. The topological polar surface area (TPSA) is 57.5 Å². The standard InChI is InChI=1S/C11H20O3/c1-2-3-4-5-7-10(12)8-6-9-11(13)14/h3-4,10,12H,2,5-9H2,1H3,(H,13,14). The largest absolute Gasteiger partial charge is 0.481 e. The van der Waals surface area contributed by atoms with Crippen LogP contribution >= 0.6 is 0 Å². The number of rotatable bonds is 8. The number of hydrogen-bond donors (Lipinski definition) is 2. The molecule has 3 nitrogen and oxygen atoms in total. The number of aliphatic hydroxyl groups is 1. The van der Waals surface area contributed by atoms with Crippen LogP contribution < -0.4 is 0 Å². The lowest BCUT2D eigenvalue weighted by Crippen LogP contribution is -2.06. The highest BCUT2D eigenvalue weighted by Crippen LogP contribution is 2.07. The zero-order chi connectivity index (χ0) is 10.8. The lowest BCUT2D eigenvalue weighted by molar-refractivity contribution is -0.137. The maximum Gasteiger partial charge on any atom is 0.303 e. The van der Waals surface area contributed by atoms with Gasteiger partial charge in [-0.05, 0) is 32.1 Å². The van der Waals surface area contributed by atoms with Crippen LogP contribution in [0.1, 0.15) is 45.4 Å². The Labute approximate surface area is 85.4 Å². The highest BCUT2D eigenvalue weighted by Gasteiger charge is 2.04. The van der Waals surface area contributed by atoms with Gasteiger partial charge in [-0.15, -0.1) is 0 Å². The van der Waals surface area contributed by atoms with E-state index in [1.54, 1.807) is 0 Å². The van der Waals surface area contributed by atoms with Crippen molar-refractivity contribution < 1.29 is 15.0 Å². The Morgan fingerprint density at radius 3 is 2.64 bits per heavy atom. The molecule has 0 rings (SSSR count). The van der Waals surface area contributed by atoms with Crippen LogP contribution in [0, 0.1) is 0 Å². The molecule has 0 aliphatic heterocycles. The molecule has 82 valence electrons. The monoisotopic (exact) mass is 200 g/mol. The van der Waals surface area contributed by atoms with Crippen LogP contribution in [0.2, 0.25) is 0 Å². The Kier molecular flexibility index (Phi) is 8.24. The fourth-order valence-corrected chi connectivity index (χ4v) is 1.21. The van der Waals surface area contributed by atoms with Crippen molar-refractivity contribution in [2.75, 3.05) is 0 Å². The fourth-order valence-electron chi connectivity index (χ4n) is 1.21. The first-order valence-corrected chi connectivity index (χ1v) is 5.21. The van der Waals surface area contributed by atoms with Gasteiger partial charge in [-0.2, -0.15) is 0 Å². The minimum Gasteiger partial charge on any atom is -0.481 e. The molecule has 0 saturated heterocycles. The van der Waals surface area contributed by atoms with Crippen molar-refractivity contribution in [3.8, 4) is 0 Å². The molecule has 0 heterocycles. The first-order valence-electron chi connectivity index (χ1n) is 5.21. The van der Waals surface area contributed by atoms with Gasteiger partial charge in [0.15, 0.2) is 0 Å². The molecule has 0 aliphatic carbocycles. The number of hydrogen-bond acceptors (Lipinski definition) is 2. The normalized spacial score (nSPS) is 13.3. The van der Waals surface area contributed by atoms with E-state index in [2.05, 4.69) is 19.1 Å². The van der Waals surface area contributed by atoms with Crippen LogP contribution in [-0.2, 0) is 4.79 Å². The Bertz CT molecular complexity index is 175. The van der Waals surface area contributed by atoms with E-state index in [-0.39, 0.29) is 12.5 Å². The molecule has 0 bridgehead atoms. The summed E-state index contributed by atoms with van der Waals surface area (Å²) in [6, 6.07) is 0. The van der Waals surface area contributed by atoms with E-state index in [0.717, 1.165) is 19.3 Å². The fraction of sp³-hybridized carbons (Fsp3) is 0.727. The molecule has 0 aromatic carbocycles. The van der Waals surface area contributed by atoms with Crippen LogP contribution in [0.15, 0.2) is 12.2 Å². The molecule has 1 atom stereocenters. The maximum atomic E-state index is 10.2. The summed E-state index contributed by atoms with van der Waals surface area (Å²) >= 11 is 0. The molecule has 2 N–H and O–H groups in total. The summed E-state index contributed by atoms with van der Waals surface area (Å²) in [6.45, 7) is 2.07. The van der Waals surface area contributed by atoms with Gasteiger partial charge in [-0.1, -0.05) is 19.1 Å². The number of aliphatic hydroxyl groups excluding tert-OH is 1. The highest BCUT2D eigenvalue weighted by atomic mass is 16.4. The third kappa shape index (κ3) is 9.26. The van der Waals surface area contributed by atoms with Gasteiger partial charge in [0.1, 0.15) is 0 Å². The van der Waals surface area contributed by atoms with Crippen molar-refractivity contribution >= 4 is 5.97 Å². The van der Waals surface area contributed by atoms with Crippen molar-refractivity contribution in [1.82, 2.24) is 0 Å². The van der Waals surface area contributed by atoms with Gasteiger partial charge in [0.2, 0.25) is 0 Å². The van der Waals surface area contributed by atoms with E-state index in [1.807, 2.05) is 0 Å². The summed E-state index contributed by atoms with van der Waals surface area (Å²) in [5.74, 6) is -0.789. The number of carbonyl (C=O) groups is 1. The van der Waals surface area contributed by atoms with Gasteiger partial charge in [0, 0.05) is 6.42 Å². The van der Waals surface area contributed by atoms with Crippen LogP contribution in [0.4, 0.5) is 0 Å². The second-order valence-electron chi connectivity index (χ2n) is 3.40. The van der Waals surface area contributed by atoms with Gasteiger partial charge in [0.25, 0.3) is 0 Å². The summed E-state index contributed by atoms with van der Waals surface area (Å²) in [6.07, 6.45) is 7.72. The summed E-state index contributed by atoms with van der Waals surface area (Å²) < 4.78 is 0. The molecular weight excluding hydrogens is 180 g/mol. The van der Waals surface area contributed by atoms with E-state index < -0.39 is 5.97 Å². The van der Waals surface area contributed by atoms with Gasteiger partial charge >= 0.3 is 5.97 Å². The quantitative estimate of drug-likeness (QED) is 0.591. The number of allylic oxidation sites excluding steroid dienone is 2. The lowest BCUT2D eigenvalue weighted by Gasteiger charge is -2.07. The Morgan fingerprint density at radius 2 is 2.07 bits per heavy atom. The number of aliphatic carboxylic acids is 1. The molecule has 0 aliphatic rings. The molecule has 1 unspecified atom stereocenters. The Hall–Kier alpha value is -0.830. The van der Waals surface area contributed by atoms with Crippen molar-refractivity contribution in [3.63, 3.8) is 0 Å². The van der Waals surface area contributed by atoms with E-state index in [4.69, 9.17) is 5.11 Å². The minimum absolute atomic E-state index is 0.155. The lowest BCUT2D eigenvalue weighted by atomic mass is 10.1. The molecule has 0 aromatic heterocycles. The molecule has 0 aromatic rings. The summed E-state index contributed by atoms with van der Waals surface area (Å²) in [5, 5.41) is 17.8. The number of carboxylic acid groups (broad SMARTS) is 1.